The number of piperidine rings is 1. The zero-order valence-corrected chi connectivity index (χ0v) is 8.72. The van der Waals surface area contributed by atoms with Crippen LogP contribution in [0.5, 0.6) is 0 Å². The molecule has 1 aliphatic heterocycles. The highest BCUT2D eigenvalue weighted by atomic mass is 35.5. The number of methoxy groups -OCH3 is 1. The highest BCUT2D eigenvalue weighted by Gasteiger charge is 2.22. The molecule has 0 aliphatic carbocycles. The van der Waals surface area contributed by atoms with Gasteiger partial charge in [0.1, 0.15) is 0 Å². The largest absolute Gasteiger partial charge is 0.380 e. The standard InChI is InChI=1S/C9H16ClNO2/c1-13-8-3-2-6-11(7-8)9(12)4-5-10/h8H,2-7H2,1H3/t8-/m0/s1. The fourth-order valence-corrected chi connectivity index (χ4v) is 1.76. The average Bonchev–Trinajstić information content (AvgIpc) is 2.18. The number of ether oxygens (including phenoxy) is 1. The van der Waals surface area contributed by atoms with Crippen molar-refractivity contribution in [2.45, 2.75) is 25.4 Å². The first kappa shape index (κ1) is 10.8. The quantitative estimate of drug-likeness (QED) is 0.650. The van der Waals surface area contributed by atoms with Gasteiger partial charge in [-0.25, -0.2) is 0 Å². The maximum Gasteiger partial charge on any atom is 0.223 e. The van der Waals surface area contributed by atoms with E-state index < -0.39 is 0 Å². The van der Waals surface area contributed by atoms with Gasteiger partial charge in [-0.3, -0.25) is 4.79 Å². The summed E-state index contributed by atoms with van der Waals surface area (Å²) in [6, 6.07) is 0. The monoisotopic (exact) mass is 205 g/mol. The minimum atomic E-state index is 0.150. The van der Waals surface area contributed by atoms with Crippen LogP contribution < -0.4 is 0 Å². The molecule has 4 heteroatoms. The lowest BCUT2D eigenvalue weighted by Gasteiger charge is -2.31. The molecule has 0 aromatic heterocycles. The summed E-state index contributed by atoms with van der Waals surface area (Å²) in [4.78, 5) is 13.3. The van der Waals surface area contributed by atoms with E-state index in [1.807, 2.05) is 4.90 Å². The maximum absolute atomic E-state index is 11.4. The lowest BCUT2D eigenvalue weighted by Crippen LogP contribution is -2.42. The van der Waals surface area contributed by atoms with Crippen LogP contribution in [0.1, 0.15) is 19.3 Å². The summed E-state index contributed by atoms with van der Waals surface area (Å²) in [5.41, 5.74) is 0. The summed E-state index contributed by atoms with van der Waals surface area (Å²) in [6.45, 7) is 1.59. The molecule has 1 fully saturated rings. The molecule has 0 spiro atoms. The number of alkyl halides is 1. The molecule has 76 valence electrons. The summed E-state index contributed by atoms with van der Waals surface area (Å²) in [5.74, 6) is 0.559. The van der Waals surface area contributed by atoms with Gasteiger partial charge < -0.3 is 9.64 Å². The van der Waals surface area contributed by atoms with Crippen LogP contribution in [0.2, 0.25) is 0 Å². The van der Waals surface area contributed by atoms with Crippen molar-refractivity contribution in [3.63, 3.8) is 0 Å². The molecule has 13 heavy (non-hydrogen) atoms. The molecule has 0 saturated carbocycles. The van der Waals surface area contributed by atoms with Gasteiger partial charge in [-0.15, -0.1) is 11.6 Å². The molecule has 0 unspecified atom stereocenters. The molecule has 1 aliphatic rings. The van der Waals surface area contributed by atoms with Crippen LogP contribution in [-0.4, -0.2) is 43.0 Å². The molecule has 0 N–H and O–H groups in total. The van der Waals surface area contributed by atoms with Gasteiger partial charge in [-0.05, 0) is 12.8 Å². The molecule has 0 aromatic rings. The number of amides is 1. The molecular formula is C9H16ClNO2. The Morgan fingerprint density at radius 1 is 1.69 bits per heavy atom. The van der Waals surface area contributed by atoms with Gasteiger partial charge in [0.2, 0.25) is 5.91 Å². The van der Waals surface area contributed by atoms with Crippen LogP contribution in [-0.2, 0) is 9.53 Å². The Morgan fingerprint density at radius 2 is 2.46 bits per heavy atom. The van der Waals surface area contributed by atoms with Crippen LogP contribution in [0, 0.1) is 0 Å². The number of halogens is 1. The second-order valence-corrected chi connectivity index (χ2v) is 3.66. The average molecular weight is 206 g/mol. The molecule has 1 saturated heterocycles. The molecule has 0 bridgehead atoms. The van der Waals surface area contributed by atoms with Gasteiger partial charge in [0.05, 0.1) is 6.10 Å². The van der Waals surface area contributed by atoms with Crippen molar-refractivity contribution in [2.75, 3.05) is 26.1 Å². The van der Waals surface area contributed by atoms with Crippen LogP contribution in [0.3, 0.4) is 0 Å². The summed E-state index contributed by atoms with van der Waals surface area (Å²) >= 11 is 5.51. The predicted molar refractivity (Wildman–Crippen MR) is 51.9 cm³/mol. The fraction of sp³-hybridized carbons (Fsp3) is 0.889. The fourth-order valence-electron chi connectivity index (χ4n) is 1.60. The molecule has 1 amide bonds. The molecule has 0 aromatic carbocycles. The Kier molecular flexibility index (Phi) is 4.53. The Labute approximate surface area is 84.0 Å². The zero-order chi connectivity index (χ0) is 9.68. The zero-order valence-electron chi connectivity index (χ0n) is 7.96. The van der Waals surface area contributed by atoms with E-state index in [9.17, 15) is 4.79 Å². The molecule has 1 heterocycles. The van der Waals surface area contributed by atoms with Gasteiger partial charge in [0.25, 0.3) is 0 Å². The summed E-state index contributed by atoms with van der Waals surface area (Å²) < 4.78 is 5.22. The number of hydrogen-bond acceptors (Lipinski definition) is 2. The summed E-state index contributed by atoms with van der Waals surface area (Å²) in [5, 5.41) is 0. The number of carbonyl (C=O) groups excluding carboxylic acids is 1. The van der Waals surface area contributed by atoms with E-state index in [1.54, 1.807) is 7.11 Å². The minimum absolute atomic E-state index is 0.150. The first-order valence-electron chi connectivity index (χ1n) is 4.64. The second kappa shape index (κ2) is 5.45. The number of rotatable bonds is 3. The van der Waals surface area contributed by atoms with Crippen molar-refractivity contribution in [2.24, 2.45) is 0 Å². The van der Waals surface area contributed by atoms with Crippen molar-refractivity contribution < 1.29 is 9.53 Å². The van der Waals surface area contributed by atoms with E-state index in [-0.39, 0.29) is 12.0 Å². The van der Waals surface area contributed by atoms with Gasteiger partial charge in [-0.2, -0.15) is 0 Å². The normalized spacial score (nSPS) is 23.2. The first-order chi connectivity index (χ1) is 6.27. The molecule has 1 rings (SSSR count). The third-order valence-electron chi connectivity index (χ3n) is 2.37. The SMILES string of the molecule is CO[C@H]1CCCN(C(=O)CCCl)C1. The number of nitrogens with zero attached hydrogens (tertiary/aromatic N) is 1. The summed E-state index contributed by atoms with van der Waals surface area (Å²) in [6.07, 6.45) is 2.75. The Morgan fingerprint density at radius 3 is 3.08 bits per heavy atom. The second-order valence-electron chi connectivity index (χ2n) is 3.28. The summed E-state index contributed by atoms with van der Waals surface area (Å²) in [7, 11) is 1.69. The van der Waals surface area contributed by atoms with Gasteiger partial charge >= 0.3 is 0 Å². The Hall–Kier alpha value is -0.280. The van der Waals surface area contributed by atoms with E-state index >= 15 is 0 Å². The van der Waals surface area contributed by atoms with Crippen LogP contribution in [0.25, 0.3) is 0 Å². The predicted octanol–water partition coefficient (Wildman–Crippen LogP) is 1.25. The van der Waals surface area contributed by atoms with Crippen molar-refractivity contribution in [1.29, 1.82) is 0 Å². The third kappa shape index (κ3) is 3.16. The maximum atomic E-state index is 11.4. The third-order valence-corrected chi connectivity index (χ3v) is 2.56. The van der Waals surface area contributed by atoms with E-state index in [2.05, 4.69) is 0 Å². The molecule has 1 atom stereocenters. The van der Waals surface area contributed by atoms with Gasteiger partial charge in [0.15, 0.2) is 0 Å². The molecular weight excluding hydrogens is 190 g/mol. The van der Waals surface area contributed by atoms with Crippen molar-refractivity contribution in [1.82, 2.24) is 4.90 Å². The van der Waals surface area contributed by atoms with E-state index in [0.29, 0.717) is 12.3 Å². The van der Waals surface area contributed by atoms with Crippen LogP contribution in [0.4, 0.5) is 0 Å². The number of likely N-dealkylation sites (tertiary alicyclic amines) is 1. The van der Waals surface area contributed by atoms with E-state index in [1.165, 1.54) is 0 Å². The van der Waals surface area contributed by atoms with Gasteiger partial charge in [0, 0.05) is 32.5 Å². The van der Waals surface area contributed by atoms with E-state index in [4.69, 9.17) is 16.3 Å². The molecule has 3 nitrogen and oxygen atoms in total. The minimum Gasteiger partial charge on any atom is -0.380 e. The highest BCUT2D eigenvalue weighted by molar-refractivity contribution is 6.18. The van der Waals surface area contributed by atoms with Gasteiger partial charge in [-0.1, -0.05) is 0 Å². The first-order valence-corrected chi connectivity index (χ1v) is 5.18. The van der Waals surface area contributed by atoms with Crippen molar-refractivity contribution in [3.8, 4) is 0 Å². The molecule has 0 radical (unpaired) electrons. The Bertz CT molecular complexity index is 175. The lowest BCUT2D eigenvalue weighted by atomic mass is 10.1. The van der Waals surface area contributed by atoms with Crippen LogP contribution in [0.15, 0.2) is 0 Å². The van der Waals surface area contributed by atoms with Crippen molar-refractivity contribution in [3.05, 3.63) is 0 Å². The number of hydrogen-bond donors (Lipinski definition) is 0. The smallest absolute Gasteiger partial charge is 0.223 e. The number of carbonyl (C=O) groups is 1. The lowest BCUT2D eigenvalue weighted by molar-refractivity contribution is -0.134. The highest BCUT2D eigenvalue weighted by Crippen LogP contribution is 2.13. The van der Waals surface area contributed by atoms with E-state index in [0.717, 1.165) is 25.9 Å². The van der Waals surface area contributed by atoms with Crippen LogP contribution >= 0.6 is 11.6 Å². The van der Waals surface area contributed by atoms with Crippen molar-refractivity contribution >= 4 is 17.5 Å². The Balaban J connectivity index is 2.37. The topological polar surface area (TPSA) is 29.5 Å².